The zero-order valence-corrected chi connectivity index (χ0v) is 13.5. The normalized spacial score (nSPS) is 12.1. The van der Waals surface area contributed by atoms with Crippen molar-refractivity contribution in [3.05, 3.63) is 60.3 Å². The molecule has 3 aromatic rings. The van der Waals surface area contributed by atoms with Gasteiger partial charge in [0.1, 0.15) is 12.1 Å². The topological polar surface area (TPSA) is 82.1 Å². The quantitative estimate of drug-likeness (QED) is 0.685. The number of hydrogen-bond acceptors (Lipinski definition) is 5. The summed E-state index contributed by atoms with van der Waals surface area (Å²) in [5.74, 6) is 0.832. The largest absolute Gasteiger partial charge is 0.316 e. The lowest BCUT2D eigenvalue weighted by molar-refractivity contribution is 0.588. The molecule has 0 radical (unpaired) electrons. The Balaban J connectivity index is 1.99. The van der Waals surface area contributed by atoms with Crippen LogP contribution in [0.15, 0.2) is 58.8 Å². The molecule has 0 bridgehead atoms. The first-order chi connectivity index (χ1) is 11.0. The molecular formula is C15H15N5O2S. The predicted octanol–water partition coefficient (Wildman–Crippen LogP) is 1.91. The Morgan fingerprint density at radius 2 is 1.91 bits per heavy atom. The Morgan fingerprint density at radius 3 is 2.57 bits per heavy atom. The fourth-order valence-electron chi connectivity index (χ4n) is 2.02. The highest BCUT2D eigenvalue weighted by atomic mass is 32.2. The van der Waals surface area contributed by atoms with Crippen LogP contribution < -0.4 is 0 Å². The monoisotopic (exact) mass is 329 g/mol. The van der Waals surface area contributed by atoms with Crippen LogP contribution >= 0.6 is 0 Å². The lowest BCUT2D eigenvalue weighted by Crippen LogP contribution is -2.11. The Bertz CT molecular complexity index is 952. The summed E-state index contributed by atoms with van der Waals surface area (Å²) in [4.78, 5) is 4.43. The van der Waals surface area contributed by atoms with Crippen molar-refractivity contribution in [1.29, 1.82) is 0 Å². The molecule has 0 saturated heterocycles. The molecule has 0 unspecified atom stereocenters. The number of aromatic nitrogens is 4. The molecule has 0 spiro atoms. The van der Waals surface area contributed by atoms with Crippen LogP contribution in [0.1, 0.15) is 11.4 Å². The van der Waals surface area contributed by atoms with Crippen LogP contribution in [-0.4, -0.2) is 33.4 Å². The molecule has 0 fully saturated rings. The maximum absolute atomic E-state index is 12.7. The van der Waals surface area contributed by atoms with Gasteiger partial charge in [-0.2, -0.15) is 0 Å². The van der Waals surface area contributed by atoms with E-state index in [0.29, 0.717) is 11.6 Å². The van der Waals surface area contributed by atoms with E-state index in [1.54, 1.807) is 54.3 Å². The maximum atomic E-state index is 12.7. The third-order valence-corrected chi connectivity index (χ3v) is 5.02. The van der Waals surface area contributed by atoms with Crippen LogP contribution in [0.4, 0.5) is 5.82 Å². The highest BCUT2D eigenvalue weighted by Gasteiger charge is 2.18. The first-order valence-corrected chi connectivity index (χ1v) is 8.30. The number of nitrogens with zero attached hydrogens (tertiary/aromatic N) is 5. The van der Waals surface area contributed by atoms with Crippen molar-refractivity contribution in [1.82, 2.24) is 18.7 Å². The summed E-state index contributed by atoms with van der Waals surface area (Å²) in [5, 5.41) is 7.63. The molecule has 0 aliphatic rings. The summed E-state index contributed by atoms with van der Waals surface area (Å²) in [6.45, 7) is 1.91. The number of benzene rings is 1. The predicted molar refractivity (Wildman–Crippen MR) is 86.5 cm³/mol. The van der Waals surface area contributed by atoms with Gasteiger partial charge in [0.2, 0.25) is 0 Å². The second-order valence-electron chi connectivity index (χ2n) is 5.04. The summed E-state index contributed by atoms with van der Waals surface area (Å²) in [5.41, 5.74) is 0.997. The SMILES string of the molecule is Cc1ccc(S(=O)(=O)n2cccc2N=Cc2nncn2C)cc1. The van der Waals surface area contributed by atoms with Gasteiger partial charge in [-0.1, -0.05) is 17.7 Å². The summed E-state index contributed by atoms with van der Waals surface area (Å²) >= 11 is 0. The fourth-order valence-corrected chi connectivity index (χ4v) is 3.31. The Hall–Kier alpha value is -2.74. The summed E-state index contributed by atoms with van der Waals surface area (Å²) < 4.78 is 28.3. The van der Waals surface area contributed by atoms with Crippen molar-refractivity contribution in [3.63, 3.8) is 0 Å². The fraction of sp³-hybridized carbons (Fsp3) is 0.133. The highest BCUT2D eigenvalue weighted by molar-refractivity contribution is 7.90. The number of aryl methyl sites for hydroxylation is 2. The standard InChI is InChI=1S/C15H15N5O2S/c1-12-5-7-13(8-6-12)23(21,22)20-9-3-4-14(20)16-10-15-18-17-11-19(15)2/h3-11H,1-2H3. The third-order valence-electron chi connectivity index (χ3n) is 3.33. The molecule has 2 heterocycles. The zero-order chi connectivity index (χ0) is 16.4. The van der Waals surface area contributed by atoms with Gasteiger partial charge < -0.3 is 4.57 Å². The molecule has 3 rings (SSSR count). The summed E-state index contributed by atoms with van der Waals surface area (Å²) in [6.07, 6.45) is 4.49. The van der Waals surface area contributed by atoms with Crippen molar-refractivity contribution < 1.29 is 8.42 Å². The third kappa shape index (κ3) is 2.93. The molecule has 0 atom stereocenters. The smallest absolute Gasteiger partial charge is 0.269 e. The van der Waals surface area contributed by atoms with E-state index < -0.39 is 10.0 Å². The van der Waals surface area contributed by atoms with Gasteiger partial charge in [0, 0.05) is 13.2 Å². The minimum Gasteiger partial charge on any atom is -0.316 e. The molecular weight excluding hydrogens is 314 g/mol. The molecule has 2 aromatic heterocycles. The molecule has 0 aliphatic carbocycles. The van der Waals surface area contributed by atoms with E-state index in [9.17, 15) is 8.42 Å². The number of hydrogen-bond donors (Lipinski definition) is 0. The van der Waals surface area contributed by atoms with Gasteiger partial charge >= 0.3 is 0 Å². The van der Waals surface area contributed by atoms with Crippen LogP contribution in [0.2, 0.25) is 0 Å². The van der Waals surface area contributed by atoms with Gasteiger partial charge in [-0.15, -0.1) is 10.2 Å². The molecule has 0 N–H and O–H groups in total. The van der Waals surface area contributed by atoms with Crippen molar-refractivity contribution >= 4 is 22.1 Å². The zero-order valence-electron chi connectivity index (χ0n) is 12.7. The number of rotatable bonds is 4. The van der Waals surface area contributed by atoms with Gasteiger partial charge in [-0.05, 0) is 31.2 Å². The van der Waals surface area contributed by atoms with Crippen molar-refractivity contribution in [2.45, 2.75) is 11.8 Å². The molecule has 0 aliphatic heterocycles. The minimum atomic E-state index is -3.68. The van der Waals surface area contributed by atoms with E-state index in [4.69, 9.17) is 0 Å². The van der Waals surface area contributed by atoms with Gasteiger partial charge in [-0.3, -0.25) is 0 Å². The lowest BCUT2D eigenvalue weighted by Gasteiger charge is -2.08. The number of aliphatic imine (C=N–C) groups is 1. The van der Waals surface area contributed by atoms with Gasteiger partial charge in [-0.25, -0.2) is 17.4 Å². The van der Waals surface area contributed by atoms with E-state index >= 15 is 0 Å². The molecule has 7 nitrogen and oxygen atoms in total. The van der Waals surface area contributed by atoms with E-state index in [2.05, 4.69) is 15.2 Å². The van der Waals surface area contributed by atoms with Crippen LogP contribution in [0.5, 0.6) is 0 Å². The van der Waals surface area contributed by atoms with Gasteiger partial charge in [0.05, 0.1) is 11.1 Å². The van der Waals surface area contributed by atoms with E-state index in [1.807, 2.05) is 6.92 Å². The summed E-state index contributed by atoms with van der Waals surface area (Å²) in [6, 6.07) is 9.95. The molecule has 118 valence electrons. The van der Waals surface area contributed by atoms with Crippen LogP contribution in [0.25, 0.3) is 0 Å². The van der Waals surface area contributed by atoms with Crippen molar-refractivity contribution in [2.24, 2.45) is 12.0 Å². The molecule has 23 heavy (non-hydrogen) atoms. The average Bonchev–Trinajstić information content (AvgIpc) is 3.14. The second-order valence-corrected chi connectivity index (χ2v) is 6.85. The molecule has 1 aromatic carbocycles. The lowest BCUT2D eigenvalue weighted by atomic mass is 10.2. The maximum Gasteiger partial charge on any atom is 0.269 e. The van der Waals surface area contributed by atoms with Gasteiger partial charge in [0.15, 0.2) is 5.82 Å². The van der Waals surface area contributed by atoms with E-state index in [1.165, 1.54) is 12.4 Å². The molecule has 0 amide bonds. The minimum absolute atomic E-state index is 0.217. The highest BCUT2D eigenvalue weighted by Crippen LogP contribution is 2.22. The van der Waals surface area contributed by atoms with Crippen molar-refractivity contribution in [2.75, 3.05) is 0 Å². The molecule has 8 heteroatoms. The van der Waals surface area contributed by atoms with Crippen LogP contribution in [-0.2, 0) is 17.1 Å². The second kappa shape index (κ2) is 5.81. The van der Waals surface area contributed by atoms with Crippen LogP contribution in [0.3, 0.4) is 0 Å². The average molecular weight is 329 g/mol. The van der Waals surface area contributed by atoms with Crippen molar-refractivity contribution in [3.8, 4) is 0 Å². The Morgan fingerprint density at radius 1 is 1.17 bits per heavy atom. The molecule has 0 saturated carbocycles. The first-order valence-electron chi connectivity index (χ1n) is 6.86. The summed E-state index contributed by atoms with van der Waals surface area (Å²) in [7, 11) is -1.90. The van der Waals surface area contributed by atoms with Gasteiger partial charge in [0.25, 0.3) is 10.0 Å². The first kappa shape index (κ1) is 15.2. The Labute approximate surface area is 134 Å². The van der Waals surface area contributed by atoms with E-state index in [-0.39, 0.29) is 4.90 Å². The van der Waals surface area contributed by atoms with Crippen LogP contribution in [0, 0.1) is 6.92 Å². The Kier molecular flexibility index (Phi) is 3.83. The van der Waals surface area contributed by atoms with E-state index in [0.717, 1.165) is 9.54 Å².